The quantitative estimate of drug-likeness (QED) is 0.357. The Hall–Kier alpha value is -2.94. The molecule has 0 atom stereocenters. The van der Waals surface area contributed by atoms with Gasteiger partial charge in [0.25, 0.3) is 5.56 Å². The average molecular weight is 402 g/mol. The number of allylic oxidation sites excluding steroid dienone is 1. The number of hydrogen-bond donors (Lipinski definition) is 0. The highest BCUT2D eigenvalue weighted by Gasteiger charge is 2.27. The summed E-state index contributed by atoms with van der Waals surface area (Å²) in [5, 5.41) is 1.27. The van der Waals surface area contributed by atoms with Gasteiger partial charge in [0.15, 0.2) is 5.78 Å². The number of aryl methyl sites for hydroxylation is 1. The molecule has 3 rings (SSSR count). The first-order valence-corrected chi connectivity index (χ1v) is 9.17. The number of thiophene rings is 1. The first kappa shape index (κ1) is 19.8. The lowest BCUT2D eigenvalue weighted by Crippen LogP contribution is -2.26. The van der Waals surface area contributed by atoms with Gasteiger partial charge in [0.2, 0.25) is 0 Å². The van der Waals surface area contributed by atoms with Crippen LogP contribution in [-0.2, 0) is 7.05 Å². The molecule has 0 aliphatic heterocycles. The number of rotatable bonds is 6. The summed E-state index contributed by atoms with van der Waals surface area (Å²) in [7, 11) is 2.12. The number of nitrogens with zero attached hydrogens (tertiary/aromatic N) is 2. The van der Waals surface area contributed by atoms with Crippen LogP contribution in [0.1, 0.15) is 15.2 Å². The maximum atomic E-state index is 13.0. The maximum absolute atomic E-state index is 13.0. The van der Waals surface area contributed by atoms with E-state index in [4.69, 9.17) is 0 Å². The van der Waals surface area contributed by atoms with Crippen molar-refractivity contribution in [3.05, 3.63) is 63.3 Å². The van der Waals surface area contributed by atoms with E-state index < -0.39 is 30.1 Å². The third kappa shape index (κ3) is 3.84. The van der Waals surface area contributed by atoms with Crippen LogP contribution in [0.4, 0.5) is 13.6 Å². The smallest absolute Gasteiger partial charge is 0.504 e. The van der Waals surface area contributed by atoms with E-state index in [-0.39, 0.29) is 5.39 Å². The Labute approximate surface area is 164 Å². The van der Waals surface area contributed by atoms with Crippen LogP contribution >= 0.6 is 11.3 Å². The summed E-state index contributed by atoms with van der Waals surface area (Å²) >= 11 is 1.46. The molecule has 0 N–H and O–H groups in total. The van der Waals surface area contributed by atoms with Gasteiger partial charge in [0.1, 0.15) is 11.3 Å². The van der Waals surface area contributed by atoms with Crippen molar-refractivity contribution in [3.8, 4) is 5.75 Å². The Bertz CT molecular complexity index is 1120. The van der Waals surface area contributed by atoms with Gasteiger partial charge in [-0.25, -0.2) is 8.63 Å². The van der Waals surface area contributed by atoms with Crippen LogP contribution in [0.2, 0.25) is 0 Å². The van der Waals surface area contributed by atoms with E-state index in [0.29, 0.717) is 5.52 Å². The van der Waals surface area contributed by atoms with Crippen LogP contribution in [0.15, 0.2) is 47.3 Å². The van der Waals surface area contributed by atoms with Crippen molar-refractivity contribution in [1.82, 2.24) is 4.57 Å². The van der Waals surface area contributed by atoms with E-state index in [1.807, 2.05) is 31.1 Å². The molecule has 28 heavy (non-hydrogen) atoms. The monoisotopic (exact) mass is 402 g/mol. The molecule has 0 aliphatic carbocycles. The van der Waals surface area contributed by atoms with Crippen LogP contribution in [-0.4, -0.2) is 31.9 Å². The SMILES string of the molecule is CN(C)c1ccc(/C=C/C(=O)c2c(OB(F)F)c3ccccc3n(C)c2=O)s1. The number of hydrogen-bond acceptors (Lipinski definition) is 5. The number of ketones is 1. The minimum Gasteiger partial charge on any atom is -0.504 e. The zero-order valence-electron chi connectivity index (χ0n) is 15.5. The van der Waals surface area contributed by atoms with Crippen LogP contribution < -0.4 is 15.1 Å². The molecule has 0 saturated heterocycles. The summed E-state index contributed by atoms with van der Waals surface area (Å²) in [5.74, 6) is -1.09. The number of carbonyl (C=O) groups excluding carboxylic acids is 1. The lowest BCUT2D eigenvalue weighted by Gasteiger charge is -2.14. The first-order valence-electron chi connectivity index (χ1n) is 8.35. The van der Waals surface area contributed by atoms with E-state index in [0.717, 1.165) is 9.88 Å². The number of fused-ring (bicyclic) bond motifs is 1. The predicted octanol–water partition coefficient (Wildman–Crippen LogP) is 3.86. The molecule has 0 fully saturated rings. The third-order valence-electron chi connectivity index (χ3n) is 4.16. The summed E-state index contributed by atoms with van der Waals surface area (Å²) in [4.78, 5) is 28.2. The largest absolute Gasteiger partial charge is 0.796 e. The molecule has 0 radical (unpaired) electrons. The molecule has 0 amide bonds. The predicted molar refractivity (Wildman–Crippen MR) is 110 cm³/mol. The van der Waals surface area contributed by atoms with Crippen molar-refractivity contribution < 1.29 is 18.1 Å². The van der Waals surface area contributed by atoms with E-state index in [9.17, 15) is 18.2 Å². The Morgan fingerprint density at radius 3 is 2.57 bits per heavy atom. The van der Waals surface area contributed by atoms with Gasteiger partial charge >= 0.3 is 7.47 Å². The minimum atomic E-state index is -3.16. The molecule has 5 nitrogen and oxygen atoms in total. The van der Waals surface area contributed by atoms with E-state index >= 15 is 0 Å². The highest BCUT2D eigenvalue weighted by atomic mass is 32.1. The average Bonchev–Trinajstić information content (AvgIpc) is 3.13. The van der Waals surface area contributed by atoms with E-state index in [1.54, 1.807) is 24.3 Å². The molecule has 2 heterocycles. The second-order valence-corrected chi connectivity index (χ2v) is 7.33. The third-order valence-corrected chi connectivity index (χ3v) is 5.38. The molecule has 2 aromatic heterocycles. The fourth-order valence-corrected chi connectivity index (χ4v) is 3.64. The summed E-state index contributed by atoms with van der Waals surface area (Å²) in [6.45, 7) is 0. The standard InChI is InChI=1S/C19H17BF2N2O3S/c1-23(2)16-11-9-12(28-16)8-10-15(25)17-18(27-20(21)22)13-6-4-5-7-14(13)24(3)19(17)26/h4-11H,1-3H3/b10-8+. The van der Waals surface area contributed by atoms with Gasteiger partial charge in [-0.1, -0.05) is 12.1 Å². The molecule has 0 unspecified atom stereocenters. The second-order valence-electron chi connectivity index (χ2n) is 6.23. The Kier molecular flexibility index (Phi) is 5.64. The minimum absolute atomic E-state index is 0.271. The second kappa shape index (κ2) is 7.98. The molecular weight excluding hydrogens is 385 g/mol. The van der Waals surface area contributed by atoms with Crippen LogP contribution in [0.5, 0.6) is 5.75 Å². The molecule has 0 bridgehead atoms. The maximum Gasteiger partial charge on any atom is 0.796 e. The fraction of sp³-hybridized carbons (Fsp3) is 0.158. The molecule has 1 aromatic carbocycles. The summed E-state index contributed by atoms with van der Waals surface area (Å²) in [6.07, 6.45) is 2.76. The zero-order chi connectivity index (χ0) is 20.4. The van der Waals surface area contributed by atoms with Gasteiger partial charge in [-0.2, -0.15) is 0 Å². The number of pyridine rings is 1. The van der Waals surface area contributed by atoms with Crippen LogP contribution in [0, 0.1) is 0 Å². The molecule has 0 aliphatic rings. The lowest BCUT2D eigenvalue weighted by molar-refractivity contribution is 0.104. The first-order chi connectivity index (χ1) is 13.3. The van der Waals surface area contributed by atoms with Gasteiger partial charge in [0.05, 0.1) is 10.5 Å². The fourth-order valence-electron chi connectivity index (χ4n) is 2.81. The normalized spacial score (nSPS) is 11.2. The van der Waals surface area contributed by atoms with Gasteiger partial charge in [-0.05, 0) is 36.4 Å². The Morgan fingerprint density at radius 2 is 1.93 bits per heavy atom. The molecule has 0 spiro atoms. The number of carbonyl (C=O) groups is 1. The summed E-state index contributed by atoms with van der Waals surface area (Å²) in [6, 6.07) is 10.2. The highest BCUT2D eigenvalue weighted by Crippen LogP contribution is 2.29. The highest BCUT2D eigenvalue weighted by molar-refractivity contribution is 7.16. The topological polar surface area (TPSA) is 51.5 Å². The number of benzene rings is 1. The lowest BCUT2D eigenvalue weighted by atomic mass is 10.1. The van der Waals surface area contributed by atoms with Crippen molar-refractivity contribution in [2.24, 2.45) is 7.05 Å². The van der Waals surface area contributed by atoms with E-state index in [1.165, 1.54) is 35.1 Å². The number of halogens is 2. The Balaban J connectivity index is 2.10. The zero-order valence-corrected chi connectivity index (χ0v) is 16.3. The van der Waals surface area contributed by atoms with Crippen LogP contribution in [0.25, 0.3) is 17.0 Å². The summed E-state index contributed by atoms with van der Waals surface area (Å²) in [5.41, 5.74) is -0.705. The molecule has 0 saturated carbocycles. The van der Waals surface area contributed by atoms with Gasteiger partial charge in [-0.3, -0.25) is 9.59 Å². The Morgan fingerprint density at radius 1 is 1.21 bits per heavy atom. The molecular formula is C19H17BF2N2O3S. The summed E-state index contributed by atoms with van der Waals surface area (Å²) < 4.78 is 31.8. The van der Waals surface area contributed by atoms with Gasteiger partial charge in [0, 0.05) is 31.4 Å². The molecule has 3 aromatic rings. The number of anilines is 1. The van der Waals surface area contributed by atoms with Crippen molar-refractivity contribution in [2.45, 2.75) is 0 Å². The number of para-hydroxylation sites is 1. The van der Waals surface area contributed by atoms with Gasteiger partial charge in [-0.15, -0.1) is 11.3 Å². The van der Waals surface area contributed by atoms with Crippen LogP contribution in [0.3, 0.4) is 0 Å². The van der Waals surface area contributed by atoms with Crippen molar-refractivity contribution in [3.63, 3.8) is 0 Å². The number of aromatic nitrogens is 1. The van der Waals surface area contributed by atoms with Gasteiger partial charge < -0.3 is 14.1 Å². The van der Waals surface area contributed by atoms with E-state index in [2.05, 4.69) is 4.65 Å². The van der Waals surface area contributed by atoms with Crippen molar-refractivity contribution in [1.29, 1.82) is 0 Å². The van der Waals surface area contributed by atoms with Crippen molar-refractivity contribution in [2.75, 3.05) is 19.0 Å². The molecule has 9 heteroatoms. The molecule has 144 valence electrons. The van der Waals surface area contributed by atoms with Crippen molar-refractivity contribution >= 4 is 46.6 Å².